The van der Waals surface area contributed by atoms with Crippen LogP contribution in [0, 0.1) is 0 Å². The molecule has 2 amide bonds. The smallest absolute Gasteiger partial charge is 0.407 e. The summed E-state index contributed by atoms with van der Waals surface area (Å²) in [6, 6.07) is 9.85. The Balaban J connectivity index is 1.67. The average molecular weight is 416 g/mol. The molecule has 3 rings (SSSR count). The number of hydrogen-bond acceptors (Lipinski definition) is 5. The Morgan fingerprint density at radius 2 is 2.07 bits per heavy atom. The van der Waals surface area contributed by atoms with Crippen LogP contribution < -0.4 is 11.1 Å². The molecular formula is C20H21N3O3S2. The quantitative estimate of drug-likeness (QED) is 0.620. The highest BCUT2D eigenvalue weighted by atomic mass is 32.2. The van der Waals surface area contributed by atoms with E-state index in [2.05, 4.69) is 5.32 Å². The normalized spacial score (nSPS) is 14.2. The standard InChI is InChI=1S/C20H21N3O3S2/c1-2-15(27-11-9-13-6-4-3-5-7-13)18(24)22-19-17(21)14-8-10-23(20(25)26)12-16(14)28-19/h2-7,9,11H,8,10,12,21H2,1H3,(H,22,24)(H,25,26)/b11-9+,15-2-. The molecule has 0 bridgehead atoms. The first-order chi connectivity index (χ1) is 13.5. The van der Waals surface area contributed by atoms with E-state index < -0.39 is 6.09 Å². The van der Waals surface area contributed by atoms with E-state index in [9.17, 15) is 9.59 Å². The van der Waals surface area contributed by atoms with Gasteiger partial charge in [0.25, 0.3) is 5.91 Å². The maximum absolute atomic E-state index is 12.6. The summed E-state index contributed by atoms with van der Waals surface area (Å²) in [7, 11) is 0. The molecule has 1 aromatic heterocycles. The lowest BCUT2D eigenvalue weighted by molar-refractivity contribution is -0.112. The topological polar surface area (TPSA) is 95.7 Å². The predicted molar refractivity (Wildman–Crippen MR) is 116 cm³/mol. The number of carboxylic acid groups (broad SMARTS) is 1. The van der Waals surface area contributed by atoms with Crippen LogP contribution in [0.2, 0.25) is 0 Å². The van der Waals surface area contributed by atoms with Crippen LogP contribution in [-0.4, -0.2) is 28.6 Å². The number of thiophene rings is 1. The lowest BCUT2D eigenvalue weighted by Gasteiger charge is -2.23. The van der Waals surface area contributed by atoms with Crippen molar-refractivity contribution in [2.45, 2.75) is 19.9 Å². The van der Waals surface area contributed by atoms with E-state index in [-0.39, 0.29) is 5.91 Å². The molecule has 0 fully saturated rings. The Labute approximate surface area is 171 Å². The first-order valence-electron chi connectivity index (χ1n) is 8.73. The number of nitrogen functional groups attached to an aromatic ring is 1. The molecule has 6 nitrogen and oxygen atoms in total. The minimum Gasteiger partial charge on any atom is -0.465 e. The third-order valence-corrected chi connectivity index (χ3v) is 6.43. The second-order valence-corrected chi connectivity index (χ2v) is 8.19. The van der Waals surface area contributed by atoms with Gasteiger partial charge in [0.1, 0.15) is 5.00 Å². The van der Waals surface area contributed by atoms with Crippen molar-refractivity contribution in [2.75, 3.05) is 17.6 Å². The number of benzene rings is 1. The highest BCUT2D eigenvalue weighted by molar-refractivity contribution is 8.06. The maximum Gasteiger partial charge on any atom is 0.407 e. The number of nitrogens with two attached hydrogens (primary N) is 1. The molecule has 28 heavy (non-hydrogen) atoms. The first-order valence-corrected chi connectivity index (χ1v) is 10.4. The molecular weight excluding hydrogens is 394 g/mol. The van der Waals surface area contributed by atoms with Gasteiger partial charge in [-0.05, 0) is 36.0 Å². The molecule has 0 radical (unpaired) electrons. The molecule has 1 aliphatic rings. The number of anilines is 2. The van der Waals surface area contributed by atoms with E-state index in [1.165, 1.54) is 28.0 Å². The molecule has 0 unspecified atom stereocenters. The lowest BCUT2D eigenvalue weighted by atomic mass is 10.1. The summed E-state index contributed by atoms with van der Waals surface area (Å²) in [5.41, 5.74) is 8.74. The number of allylic oxidation sites excluding steroid dienone is 1. The van der Waals surface area contributed by atoms with E-state index in [0.29, 0.717) is 35.1 Å². The minimum atomic E-state index is -0.944. The molecule has 146 valence electrons. The van der Waals surface area contributed by atoms with Gasteiger partial charge in [-0.2, -0.15) is 0 Å². The van der Waals surface area contributed by atoms with Crippen molar-refractivity contribution in [3.63, 3.8) is 0 Å². The molecule has 0 atom stereocenters. The van der Waals surface area contributed by atoms with Gasteiger partial charge in [-0.25, -0.2) is 4.79 Å². The van der Waals surface area contributed by atoms with Crippen molar-refractivity contribution in [2.24, 2.45) is 0 Å². The average Bonchev–Trinajstić information content (AvgIpc) is 3.00. The first kappa shape index (κ1) is 20.0. The van der Waals surface area contributed by atoms with Crippen LogP contribution in [0.4, 0.5) is 15.5 Å². The van der Waals surface area contributed by atoms with E-state index in [4.69, 9.17) is 10.8 Å². The van der Waals surface area contributed by atoms with Gasteiger partial charge in [0.15, 0.2) is 0 Å². The summed E-state index contributed by atoms with van der Waals surface area (Å²) in [5, 5.41) is 14.5. The Morgan fingerprint density at radius 3 is 2.75 bits per heavy atom. The maximum atomic E-state index is 12.6. The van der Waals surface area contributed by atoms with Crippen LogP contribution in [0.15, 0.2) is 46.7 Å². The number of hydrogen-bond donors (Lipinski definition) is 3. The van der Waals surface area contributed by atoms with E-state index in [0.717, 1.165) is 16.0 Å². The van der Waals surface area contributed by atoms with E-state index in [1.54, 1.807) is 6.08 Å². The van der Waals surface area contributed by atoms with Crippen LogP contribution in [0.1, 0.15) is 22.9 Å². The van der Waals surface area contributed by atoms with Crippen LogP contribution >= 0.6 is 23.1 Å². The number of rotatable bonds is 5. The fourth-order valence-electron chi connectivity index (χ4n) is 2.85. The second kappa shape index (κ2) is 8.99. The largest absolute Gasteiger partial charge is 0.465 e. The van der Waals surface area contributed by atoms with Gasteiger partial charge in [-0.15, -0.1) is 11.3 Å². The Kier molecular flexibility index (Phi) is 6.43. The van der Waals surface area contributed by atoms with Gasteiger partial charge >= 0.3 is 6.09 Å². The van der Waals surface area contributed by atoms with Gasteiger partial charge in [0, 0.05) is 11.4 Å². The number of nitrogens with one attached hydrogen (secondary N) is 1. The monoisotopic (exact) mass is 415 g/mol. The molecule has 8 heteroatoms. The Hall–Kier alpha value is -2.71. The molecule has 1 aliphatic heterocycles. The number of fused-ring (bicyclic) bond motifs is 1. The number of amides is 2. The van der Waals surface area contributed by atoms with Gasteiger partial charge in [-0.3, -0.25) is 4.79 Å². The number of nitrogens with zero attached hydrogens (tertiary/aromatic N) is 1. The summed E-state index contributed by atoms with van der Waals surface area (Å²) < 4.78 is 0. The van der Waals surface area contributed by atoms with Gasteiger partial charge in [-0.1, -0.05) is 48.2 Å². The Morgan fingerprint density at radius 1 is 1.32 bits per heavy atom. The molecule has 0 aliphatic carbocycles. The number of carbonyl (C=O) groups excluding carboxylic acids is 1. The predicted octanol–water partition coefficient (Wildman–Crippen LogP) is 4.61. The summed E-state index contributed by atoms with van der Waals surface area (Å²) in [5.74, 6) is -0.231. The van der Waals surface area contributed by atoms with Crippen molar-refractivity contribution in [1.29, 1.82) is 0 Å². The number of carbonyl (C=O) groups is 2. The second-order valence-electron chi connectivity index (χ2n) is 6.14. The Bertz CT molecular complexity index is 936. The van der Waals surface area contributed by atoms with Crippen molar-refractivity contribution in [3.05, 3.63) is 62.7 Å². The lowest BCUT2D eigenvalue weighted by Crippen LogP contribution is -2.34. The van der Waals surface area contributed by atoms with E-state index in [1.807, 2.05) is 48.7 Å². The summed E-state index contributed by atoms with van der Waals surface area (Å²) in [6.45, 7) is 2.53. The van der Waals surface area contributed by atoms with Crippen molar-refractivity contribution in [3.8, 4) is 0 Å². The van der Waals surface area contributed by atoms with Crippen LogP contribution in [0.3, 0.4) is 0 Å². The van der Waals surface area contributed by atoms with Crippen molar-refractivity contribution < 1.29 is 14.7 Å². The molecule has 2 aromatic rings. The highest BCUT2D eigenvalue weighted by Crippen LogP contribution is 2.39. The SMILES string of the molecule is C/C=C(\S/C=C/c1ccccc1)C(=O)Nc1sc2c(c1N)CCN(C(=O)O)C2. The van der Waals surface area contributed by atoms with Crippen LogP contribution in [0.5, 0.6) is 0 Å². The fraction of sp³-hybridized carbons (Fsp3) is 0.200. The minimum absolute atomic E-state index is 0.231. The zero-order chi connectivity index (χ0) is 20.1. The summed E-state index contributed by atoms with van der Waals surface area (Å²) in [6.07, 6.45) is 3.32. The highest BCUT2D eigenvalue weighted by Gasteiger charge is 2.26. The van der Waals surface area contributed by atoms with Crippen LogP contribution in [-0.2, 0) is 17.8 Å². The molecule has 2 heterocycles. The van der Waals surface area contributed by atoms with Gasteiger partial charge in [0.05, 0.1) is 17.1 Å². The third-order valence-electron chi connectivity index (χ3n) is 4.34. The molecule has 0 spiro atoms. The zero-order valence-corrected chi connectivity index (χ0v) is 17.0. The molecule has 4 N–H and O–H groups in total. The summed E-state index contributed by atoms with van der Waals surface area (Å²) >= 11 is 2.68. The zero-order valence-electron chi connectivity index (χ0n) is 15.3. The fourth-order valence-corrected chi connectivity index (χ4v) is 4.70. The third kappa shape index (κ3) is 4.58. The van der Waals surface area contributed by atoms with Crippen molar-refractivity contribution >= 4 is 51.9 Å². The molecule has 0 saturated heterocycles. The van der Waals surface area contributed by atoms with E-state index >= 15 is 0 Å². The molecule has 0 saturated carbocycles. The summed E-state index contributed by atoms with van der Waals surface area (Å²) in [4.78, 5) is 26.6. The van der Waals surface area contributed by atoms with Crippen molar-refractivity contribution in [1.82, 2.24) is 4.90 Å². The van der Waals surface area contributed by atoms with Crippen LogP contribution in [0.25, 0.3) is 6.08 Å². The van der Waals surface area contributed by atoms with Gasteiger partial charge < -0.3 is 21.1 Å². The molecule has 1 aromatic carbocycles. The number of thioether (sulfide) groups is 1. The van der Waals surface area contributed by atoms with Gasteiger partial charge in [0.2, 0.25) is 0 Å².